The van der Waals surface area contributed by atoms with E-state index >= 15 is 0 Å². The predicted octanol–water partition coefficient (Wildman–Crippen LogP) is 3.50. The minimum absolute atomic E-state index is 0.206. The number of nitrogens with zero attached hydrogens (tertiary/aromatic N) is 1. The molecule has 1 aliphatic rings. The lowest BCUT2D eigenvalue weighted by atomic mass is 10.1. The van der Waals surface area contributed by atoms with Crippen molar-refractivity contribution in [2.45, 2.75) is 46.3 Å². The summed E-state index contributed by atoms with van der Waals surface area (Å²) in [5.74, 6) is 0.968. The van der Waals surface area contributed by atoms with Gasteiger partial charge in [-0.05, 0) is 39.3 Å². The molecule has 1 aromatic rings. The standard InChI is InChI=1S/C15H24N2O/c1-5-12(4)17-10-9-16-15-13(17)7-6-8-14(15)18-11(2)3/h6-8,11-12,16H,5,9-10H2,1-4H3. The molecule has 1 unspecified atom stereocenters. The topological polar surface area (TPSA) is 24.5 Å². The maximum absolute atomic E-state index is 5.89. The Kier molecular flexibility index (Phi) is 4.00. The third kappa shape index (κ3) is 2.55. The number of nitrogens with one attached hydrogen (secondary N) is 1. The molecule has 18 heavy (non-hydrogen) atoms. The molecule has 0 spiro atoms. The van der Waals surface area contributed by atoms with Crippen LogP contribution in [0.5, 0.6) is 5.75 Å². The van der Waals surface area contributed by atoms with E-state index in [0.29, 0.717) is 6.04 Å². The zero-order chi connectivity index (χ0) is 13.1. The number of hydrogen-bond acceptors (Lipinski definition) is 3. The van der Waals surface area contributed by atoms with E-state index in [1.165, 1.54) is 5.69 Å². The van der Waals surface area contributed by atoms with Gasteiger partial charge in [-0.2, -0.15) is 0 Å². The van der Waals surface area contributed by atoms with Gasteiger partial charge in [0.25, 0.3) is 0 Å². The minimum atomic E-state index is 0.206. The molecule has 0 aliphatic carbocycles. The monoisotopic (exact) mass is 248 g/mol. The molecule has 0 saturated carbocycles. The van der Waals surface area contributed by atoms with Crippen LogP contribution in [0.25, 0.3) is 0 Å². The third-order valence-corrected chi connectivity index (χ3v) is 3.45. The maximum atomic E-state index is 5.89. The van der Waals surface area contributed by atoms with Gasteiger partial charge in [-0.25, -0.2) is 0 Å². The van der Waals surface area contributed by atoms with Gasteiger partial charge in [0.05, 0.1) is 11.8 Å². The minimum Gasteiger partial charge on any atom is -0.489 e. The Labute approximate surface area is 110 Å². The molecular weight excluding hydrogens is 224 g/mol. The van der Waals surface area contributed by atoms with E-state index in [4.69, 9.17) is 4.74 Å². The van der Waals surface area contributed by atoms with Crippen LogP contribution in [0.2, 0.25) is 0 Å². The molecule has 0 bridgehead atoms. The van der Waals surface area contributed by atoms with Gasteiger partial charge in [0.1, 0.15) is 11.4 Å². The van der Waals surface area contributed by atoms with Crippen molar-refractivity contribution in [1.82, 2.24) is 0 Å². The van der Waals surface area contributed by atoms with Gasteiger partial charge < -0.3 is 15.0 Å². The largest absolute Gasteiger partial charge is 0.489 e. The van der Waals surface area contributed by atoms with Crippen molar-refractivity contribution in [3.8, 4) is 5.75 Å². The first-order chi connectivity index (χ1) is 8.63. The molecule has 1 atom stereocenters. The first kappa shape index (κ1) is 13.1. The summed E-state index contributed by atoms with van der Waals surface area (Å²) < 4.78 is 5.89. The molecule has 0 amide bonds. The molecule has 3 nitrogen and oxygen atoms in total. The molecule has 0 radical (unpaired) electrons. The SMILES string of the molecule is CCC(C)N1CCNc2c(OC(C)C)cccc21. The molecule has 3 heteroatoms. The number of rotatable bonds is 4. The fourth-order valence-corrected chi connectivity index (χ4v) is 2.39. The van der Waals surface area contributed by atoms with Gasteiger partial charge >= 0.3 is 0 Å². The van der Waals surface area contributed by atoms with Gasteiger partial charge in [0.2, 0.25) is 0 Å². The van der Waals surface area contributed by atoms with Gasteiger partial charge in [-0.1, -0.05) is 13.0 Å². The van der Waals surface area contributed by atoms with E-state index in [-0.39, 0.29) is 6.10 Å². The highest BCUT2D eigenvalue weighted by molar-refractivity contribution is 5.78. The highest BCUT2D eigenvalue weighted by atomic mass is 16.5. The van der Waals surface area contributed by atoms with Crippen LogP contribution in [0.4, 0.5) is 11.4 Å². The van der Waals surface area contributed by atoms with Crippen LogP contribution in [-0.2, 0) is 0 Å². The molecular formula is C15H24N2O. The summed E-state index contributed by atoms with van der Waals surface area (Å²) in [5.41, 5.74) is 2.42. The van der Waals surface area contributed by atoms with Crippen LogP contribution >= 0.6 is 0 Å². The number of hydrogen-bond donors (Lipinski definition) is 1. The Balaban J connectivity index is 2.34. The molecule has 0 saturated heterocycles. The number of benzene rings is 1. The van der Waals surface area contributed by atoms with E-state index in [1.54, 1.807) is 0 Å². The zero-order valence-electron chi connectivity index (χ0n) is 11.9. The highest BCUT2D eigenvalue weighted by Gasteiger charge is 2.22. The predicted molar refractivity (Wildman–Crippen MR) is 77.8 cm³/mol. The van der Waals surface area contributed by atoms with Crippen LogP contribution in [0.3, 0.4) is 0 Å². The van der Waals surface area contributed by atoms with Crippen molar-refractivity contribution >= 4 is 11.4 Å². The van der Waals surface area contributed by atoms with Crippen LogP contribution in [0.1, 0.15) is 34.1 Å². The van der Waals surface area contributed by atoms with Gasteiger partial charge in [-0.3, -0.25) is 0 Å². The highest BCUT2D eigenvalue weighted by Crippen LogP contribution is 2.38. The normalized spacial score (nSPS) is 16.2. The first-order valence-corrected chi connectivity index (χ1v) is 6.93. The van der Waals surface area contributed by atoms with Crippen molar-refractivity contribution in [3.63, 3.8) is 0 Å². The smallest absolute Gasteiger partial charge is 0.144 e. The Hall–Kier alpha value is -1.38. The molecule has 2 rings (SSSR count). The van der Waals surface area contributed by atoms with Crippen molar-refractivity contribution in [2.24, 2.45) is 0 Å². The molecule has 1 N–H and O–H groups in total. The second kappa shape index (κ2) is 5.51. The van der Waals surface area contributed by atoms with Crippen molar-refractivity contribution in [1.29, 1.82) is 0 Å². The fourth-order valence-electron chi connectivity index (χ4n) is 2.39. The molecule has 0 aromatic heterocycles. The summed E-state index contributed by atoms with van der Waals surface area (Å²) in [6.07, 6.45) is 1.37. The Morgan fingerprint density at radius 3 is 2.78 bits per heavy atom. The maximum Gasteiger partial charge on any atom is 0.144 e. The molecule has 1 aliphatic heterocycles. The quantitative estimate of drug-likeness (QED) is 0.882. The van der Waals surface area contributed by atoms with Crippen LogP contribution in [0, 0.1) is 0 Å². The van der Waals surface area contributed by atoms with Gasteiger partial charge in [0, 0.05) is 19.1 Å². The summed E-state index contributed by atoms with van der Waals surface area (Å²) in [7, 11) is 0. The molecule has 1 aromatic carbocycles. The van der Waals surface area contributed by atoms with Crippen LogP contribution in [0.15, 0.2) is 18.2 Å². The van der Waals surface area contributed by atoms with Crippen molar-refractivity contribution in [3.05, 3.63) is 18.2 Å². The lowest BCUT2D eigenvalue weighted by molar-refractivity contribution is 0.243. The van der Waals surface area contributed by atoms with E-state index in [9.17, 15) is 0 Å². The number of fused-ring (bicyclic) bond motifs is 1. The molecule has 0 fully saturated rings. The summed E-state index contributed by atoms with van der Waals surface area (Å²) >= 11 is 0. The third-order valence-electron chi connectivity index (χ3n) is 3.45. The van der Waals surface area contributed by atoms with Crippen molar-refractivity contribution < 1.29 is 4.74 Å². The average Bonchev–Trinajstić information content (AvgIpc) is 2.37. The van der Waals surface area contributed by atoms with E-state index < -0.39 is 0 Å². The number of ether oxygens (including phenoxy) is 1. The Morgan fingerprint density at radius 1 is 1.33 bits per heavy atom. The van der Waals surface area contributed by atoms with Gasteiger partial charge in [0.15, 0.2) is 0 Å². The summed E-state index contributed by atoms with van der Waals surface area (Å²) in [6.45, 7) is 10.7. The summed E-state index contributed by atoms with van der Waals surface area (Å²) in [5, 5.41) is 3.48. The Morgan fingerprint density at radius 2 is 2.11 bits per heavy atom. The number of para-hydroxylation sites is 1. The summed E-state index contributed by atoms with van der Waals surface area (Å²) in [4.78, 5) is 2.47. The van der Waals surface area contributed by atoms with Crippen LogP contribution < -0.4 is 15.0 Å². The van der Waals surface area contributed by atoms with E-state index in [2.05, 4.69) is 50.0 Å². The van der Waals surface area contributed by atoms with Gasteiger partial charge in [-0.15, -0.1) is 0 Å². The van der Waals surface area contributed by atoms with Crippen LogP contribution in [-0.4, -0.2) is 25.2 Å². The second-order valence-corrected chi connectivity index (χ2v) is 5.19. The summed E-state index contributed by atoms with van der Waals surface area (Å²) in [6, 6.07) is 6.88. The number of anilines is 2. The average molecular weight is 248 g/mol. The van der Waals surface area contributed by atoms with E-state index in [0.717, 1.165) is 30.9 Å². The lowest BCUT2D eigenvalue weighted by Crippen LogP contribution is -2.40. The molecule has 100 valence electrons. The second-order valence-electron chi connectivity index (χ2n) is 5.19. The fraction of sp³-hybridized carbons (Fsp3) is 0.600. The van der Waals surface area contributed by atoms with E-state index in [1.807, 2.05) is 6.07 Å². The Bertz CT molecular complexity index is 403. The lowest BCUT2D eigenvalue weighted by Gasteiger charge is -2.37. The zero-order valence-corrected chi connectivity index (χ0v) is 11.9. The molecule has 1 heterocycles. The van der Waals surface area contributed by atoms with Crippen molar-refractivity contribution in [2.75, 3.05) is 23.3 Å². The first-order valence-electron chi connectivity index (χ1n) is 6.93.